The second-order valence-corrected chi connectivity index (χ2v) is 14.0. The number of nitrogens with one attached hydrogen (secondary N) is 3. The molecule has 0 bridgehead atoms. The van der Waals surface area contributed by atoms with Gasteiger partial charge in [-0.2, -0.15) is 0 Å². The number of amides is 5. The van der Waals surface area contributed by atoms with Crippen LogP contribution in [0, 0.1) is 0 Å². The van der Waals surface area contributed by atoms with E-state index in [-0.39, 0.29) is 29.6 Å². The van der Waals surface area contributed by atoms with E-state index < -0.39 is 11.9 Å². The molecule has 268 valence electrons. The van der Waals surface area contributed by atoms with Gasteiger partial charge in [-0.1, -0.05) is 30.3 Å². The standard InChI is InChI=1S/C37H46N10O4/c1-44-19-20-47(37(44)51)28-6-4-16-46(23-28)31-21-39-33(34(38)49)35(42-31)40-27-10-8-24(9-11-27)25-14-17-45(18-15-25)22-26-5-2-3-7-29(26)41-30-12-13-32(48)43-36(30)50/h2-3,5,7-11,21,25,28,30,41H,4,6,12-20,22-23H2,1H3,(H2,38,49)(H,40,42)(H,43,48,50)/t28-,30?/m1/s1. The first-order valence-corrected chi connectivity index (χ1v) is 17.9. The monoisotopic (exact) mass is 694 g/mol. The van der Waals surface area contributed by atoms with E-state index >= 15 is 0 Å². The summed E-state index contributed by atoms with van der Waals surface area (Å²) in [5.41, 5.74) is 9.88. The number of aromatic nitrogens is 2. The van der Waals surface area contributed by atoms with Crippen LogP contribution in [-0.4, -0.2) is 107 Å². The molecule has 1 aromatic heterocycles. The number of benzene rings is 2. The van der Waals surface area contributed by atoms with E-state index in [0.29, 0.717) is 36.9 Å². The number of imide groups is 1. The van der Waals surface area contributed by atoms with Gasteiger partial charge in [0.15, 0.2) is 11.5 Å². The highest BCUT2D eigenvalue weighted by atomic mass is 16.2. The summed E-state index contributed by atoms with van der Waals surface area (Å²) in [7, 11) is 1.83. The highest BCUT2D eigenvalue weighted by Gasteiger charge is 2.35. The van der Waals surface area contributed by atoms with Crippen LogP contribution < -0.4 is 26.6 Å². The predicted octanol–water partition coefficient (Wildman–Crippen LogP) is 3.25. The fourth-order valence-corrected chi connectivity index (χ4v) is 7.68. The number of carbonyl (C=O) groups is 4. The highest BCUT2D eigenvalue weighted by molar-refractivity contribution is 6.01. The molecule has 5 heterocycles. The van der Waals surface area contributed by atoms with Gasteiger partial charge in [-0.25, -0.2) is 14.8 Å². The maximum Gasteiger partial charge on any atom is 0.320 e. The number of anilines is 4. The van der Waals surface area contributed by atoms with Crippen molar-refractivity contribution in [1.29, 1.82) is 0 Å². The summed E-state index contributed by atoms with van der Waals surface area (Å²) in [5.74, 6) is 0.236. The molecule has 1 unspecified atom stereocenters. The van der Waals surface area contributed by atoms with Crippen LogP contribution in [0.5, 0.6) is 0 Å². The SMILES string of the molecule is CN1CCN([C@@H]2CCCN(c3cnc(C(N)=O)c(Nc4ccc(C5CCN(Cc6ccccc6NC6CCC(=O)NC6=O)CC5)cc4)n3)C2)C1=O. The maximum atomic E-state index is 12.6. The van der Waals surface area contributed by atoms with Crippen molar-refractivity contribution in [1.82, 2.24) is 30.0 Å². The summed E-state index contributed by atoms with van der Waals surface area (Å²) < 4.78 is 0. The van der Waals surface area contributed by atoms with Gasteiger partial charge >= 0.3 is 6.03 Å². The molecule has 0 radical (unpaired) electrons. The van der Waals surface area contributed by atoms with Crippen LogP contribution in [0.2, 0.25) is 0 Å². The van der Waals surface area contributed by atoms with Gasteiger partial charge in [-0.3, -0.25) is 24.6 Å². The molecule has 0 spiro atoms. The summed E-state index contributed by atoms with van der Waals surface area (Å²) in [6.07, 6.45) is 6.33. The van der Waals surface area contributed by atoms with Gasteiger partial charge in [0.05, 0.1) is 12.2 Å². The maximum absolute atomic E-state index is 12.6. The molecule has 4 saturated heterocycles. The normalized spacial score (nSPS) is 21.9. The molecule has 4 aliphatic heterocycles. The van der Waals surface area contributed by atoms with Crippen molar-refractivity contribution in [3.63, 3.8) is 0 Å². The summed E-state index contributed by atoms with van der Waals surface area (Å²) in [4.78, 5) is 66.3. The fourth-order valence-electron chi connectivity index (χ4n) is 7.68. The summed E-state index contributed by atoms with van der Waals surface area (Å²) >= 11 is 0. The van der Waals surface area contributed by atoms with Gasteiger partial charge < -0.3 is 31.1 Å². The Bertz CT molecular complexity index is 1780. The van der Waals surface area contributed by atoms with Crippen LogP contribution in [0.3, 0.4) is 0 Å². The lowest BCUT2D eigenvalue weighted by atomic mass is 9.89. The molecule has 5 amide bonds. The number of likely N-dealkylation sites (N-methyl/N-ethyl adjacent to an activating group) is 1. The topological polar surface area (TPSA) is 169 Å². The zero-order valence-electron chi connectivity index (χ0n) is 29.0. The van der Waals surface area contributed by atoms with Crippen molar-refractivity contribution in [2.24, 2.45) is 5.73 Å². The van der Waals surface area contributed by atoms with Gasteiger partial charge in [-0.15, -0.1) is 0 Å². The number of nitrogens with two attached hydrogens (primary N) is 1. The minimum atomic E-state index is -0.656. The quantitative estimate of drug-likeness (QED) is 0.231. The molecule has 0 saturated carbocycles. The summed E-state index contributed by atoms with van der Waals surface area (Å²) in [5, 5.41) is 9.08. The van der Waals surface area contributed by atoms with E-state index in [1.54, 1.807) is 11.1 Å². The second-order valence-electron chi connectivity index (χ2n) is 14.0. The third kappa shape index (κ3) is 7.75. The molecule has 14 nitrogen and oxygen atoms in total. The van der Waals surface area contributed by atoms with Gasteiger partial charge in [0.2, 0.25) is 11.8 Å². The third-order valence-electron chi connectivity index (χ3n) is 10.6. The zero-order chi connectivity index (χ0) is 35.5. The molecule has 3 aromatic rings. The molecular weight excluding hydrogens is 648 g/mol. The molecule has 51 heavy (non-hydrogen) atoms. The van der Waals surface area contributed by atoms with Crippen LogP contribution in [0.25, 0.3) is 0 Å². The Morgan fingerprint density at radius 2 is 1.75 bits per heavy atom. The van der Waals surface area contributed by atoms with E-state index in [9.17, 15) is 19.2 Å². The van der Waals surface area contributed by atoms with Crippen LogP contribution >= 0.6 is 0 Å². The van der Waals surface area contributed by atoms with Gasteiger partial charge in [-0.05, 0) is 80.4 Å². The predicted molar refractivity (Wildman–Crippen MR) is 194 cm³/mol. The lowest BCUT2D eigenvalue weighted by Gasteiger charge is -2.37. The molecule has 2 aromatic carbocycles. The Morgan fingerprint density at radius 3 is 2.47 bits per heavy atom. The molecule has 4 fully saturated rings. The number of rotatable bonds is 10. The number of hydrogen-bond acceptors (Lipinski definition) is 10. The Labute approximate surface area is 297 Å². The van der Waals surface area contributed by atoms with E-state index in [1.165, 1.54) is 5.56 Å². The number of carbonyl (C=O) groups excluding carboxylic acids is 4. The van der Waals surface area contributed by atoms with Crippen LogP contribution in [0.15, 0.2) is 54.7 Å². The second kappa shape index (κ2) is 14.9. The Kier molecular flexibility index (Phi) is 10.0. The van der Waals surface area contributed by atoms with Crippen LogP contribution in [0.1, 0.15) is 66.1 Å². The van der Waals surface area contributed by atoms with E-state index in [0.717, 1.165) is 81.9 Å². The number of nitrogens with zero attached hydrogens (tertiary/aromatic N) is 6. The van der Waals surface area contributed by atoms with Crippen molar-refractivity contribution < 1.29 is 19.2 Å². The average Bonchev–Trinajstić information content (AvgIpc) is 3.48. The summed E-state index contributed by atoms with van der Waals surface area (Å²) in [6.45, 7) is 5.57. The van der Waals surface area contributed by atoms with Crippen molar-refractivity contribution in [3.8, 4) is 0 Å². The van der Waals surface area contributed by atoms with Gasteiger partial charge in [0.25, 0.3) is 5.91 Å². The number of piperidine rings is 3. The van der Waals surface area contributed by atoms with E-state index in [4.69, 9.17) is 10.7 Å². The van der Waals surface area contributed by atoms with Gasteiger partial charge in [0, 0.05) is 57.6 Å². The largest absolute Gasteiger partial charge is 0.373 e. The highest BCUT2D eigenvalue weighted by Crippen LogP contribution is 2.32. The minimum Gasteiger partial charge on any atom is -0.373 e. The van der Waals surface area contributed by atoms with Crippen molar-refractivity contribution in [2.45, 2.75) is 63.1 Å². The van der Waals surface area contributed by atoms with Crippen molar-refractivity contribution >= 4 is 46.8 Å². The molecule has 4 aliphatic rings. The number of para-hydroxylation sites is 1. The molecule has 5 N–H and O–H groups in total. The first-order chi connectivity index (χ1) is 24.7. The Hall–Kier alpha value is -5.24. The van der Waals surface area contributed by atoms with Gasteiger partial charge in [0.1, 0.15) is 11.9 Å². The molecule has 7 rings (SSSR count). The number of primary amides is 1. The molecule has 2 atom stereocenters. The van der Waals surface area contributed by atoms with Crippen LogP contribution in [-0.2, 0) is 16.1 Å². The number of urea groups is 1. The van der Waals surface area contributed by atoms with Crippen molar-refractivity contribution in [2.75, 3.05) is 61.8 Å². The first-order valence-electron chi connectivity index (χ1n) is 17.9. The fraction of sp³-hybridized carbons (Fsp3) is 0.459. The van der Waals surface area contributed by atoms with E-state index in [2.05, 4.69) is 48.9 Å². The zero-order valence-corrected chi connectivity index (χ0v) is 29.0. The van der Waals surface area contributed by atoms with Crippen LogP contribution in [0.4, 0.5) is 27.8 Å². The lowest BCUT2D eigenvalue weighted by molar-refractivity contribution is -0.133. The summed E-state index contributed by atoms with van der Waals surface area (Å²) in [6, 6.07) is 16.1. The van der Waals surface area contributed by atoms with E-state index in [1.807, 2.05) is 42.3 Å². The lowest BCUT2D eigenvalue weighted by Crippen LogP contribution is -2.49. The average molecular weight is 695 g/mol. The number of hydrogen-bond donors (Lipinski definition) is 4. The first kappa shape index (κ1) is 34.2. The number of likely N-dealkylation sites (tertiary alicyclic amines) is 1. The minimum absolute atomic E-state index is 0.0655. The molecule has 14 heteroatoms. The third-order valence-corrected chi connectivity index (χ3v) is 10.6. The molecule has 0 aliphatic carbocycles. The Morgan fingerprint density at radius 1 is 0.961 bits per heavy atom. The Balaban J connectivity index is 0.957. The molecular formula is C37H46N10O4. The van der Waals surface area contributed by atoms with Crippen molar-refractivity contribution in [3.05, 3.63) is 71.5 Å². The smallest absolute Gasteiger partial charge is 0.320 e.